The zero-order valence-electron chi connectivity index (χ0n) is 20.9. The Labute approximate surface area is 204 Å². The van der Waals surface area contributed by atoms with Gasteiger partial charge < -0.3 is 24.1 Å². The molecule has 9 heteroatoms. The number of ether oxygens (including phenoxy) is 2. The highest BCUT2D eigenvalue weighted by Crippen LogP contribution is 2.32. The summed E-state index contributed by atoms with van der Waals surface area (Å²) in [4.78, 5) is 19.2. The Morgan fingerprint density at radius 2 is 1.91 bits per heavy atom. The van der Waals surface area contributed by atoms with Gasteiger partial charge in [-0.3, -0.25) is 9.00 Å². The molecule has 1 fully saturated rings. The predicted molar refractivity (Wildman–Crippen MR) is 134 cm³/mol. The van der Waals surface area contributed by atoms with Crippen LogP contribution < -0.4 is 14.8 Å². The Kier molecular flexibility index (Phi) is 9.53. The molecule has 0 spiro atoms. The number of rotatable bonds is 11. The Hall–Kier alpha value is -2.39. The van der Waals surface area contributed by atoms with Gasteiger partial charge in [0.2, 0.25) is 11.8 Å². The summed E-state index contributed by atoms with van der Waals surface area (Å²) in [6, 6.07) is 5.39. The standard InChI is InChI=1S/C25H37N3O5S/c1-17-11-18(2)14-28(13-17)10-6-9-26-24(29)16-34(30)15-21-19(3)33-25(27-21)20-7-8-22(31-4)23(12-20)32-5/h7-8,12,17-18H,6,9-11,13-16H2,1-5H3,(H,26,29)/t17-,18+,34-/m1/s1. The first-order chi connectivity index (χ1) is 16.3. The first-order valence-electron chi connectivity index (χ1n) is 11.8. The van der Waals surface area contributed by atoms with Gasteiger partial charge in [-0.2, -0.15) is 0 Å². The van der Waals surface area contributed by atoms with Gasteiger partial charge in [0.15, 0.2) is 11.5 Å². The van der Waals surface area contributed by atoms with Crippen LogP contribution in [0.4, 0.5) is 0 Å². The van der Waals surface area contributed by atoms with Crippen LogP contribution in [0.3, 0.4) is 0 Å². The maximum atomic E-state index is 12.6. The lowest BCUT2D eigenvalue weighted by molar-refractivity contribution is -0.118. The molecule has 0 aliphatic carbocycles. The quantitative estimate of drug-likeness (QED) is 0.482. The average molecular weight is 492 g/mol. The SMILES string of the molecule is COc1ccc(-c2nc(C[S@@](=O)CC(=O)NCCCN3C[C@H](C)C[C@H](C)C3)c(C)o2)cc1OC. The van der Waals surface area contributed by atoms with Crippen LogP contribution >= 0.6 is 0 Å². The summed E-state index contributed by atoms with van der Waals surface area (Å²) in [7, 11) is 1.77. The van der Waals surface area contributed by atoms with Crippen molar-refractivity contribution in [3.8, 4) is 23.0 Å². The van der Waals surface area contributed by atoms with Gasteiger partial charge >= 0.3 is 0 Å². The molecule has 1 aromatic carbocycles. The van der Waals surface area contributed by atoms with Crippen molar-refractivity contribution >= 4 is 16.7 Å². The molecule has 1 aliphatic rings. The third-order valence-corrected chi connectivity index (χ3v) is 7.21. The molecule has 1 aliphatic heterocycles. The molecule has 0 unspecified atom stereocenters. The highest BCUT2D eigenvalue weighted by molar-refractivity contribution is 7.84. The topological polar surface area (TPSA) is 93.9 Å². The number of hydrogen-bond acceptors (Lipinski definition) is 7. The molecular weight excluding hydrogens is 454 g/mol. The van der Waals surface area contributed by atoms with Crippen LogP contribution in [0.2, 0.25) is 0 Å². The van der Waals surface area contributed by atoms with Gasteiger partial charge in [0.1, 0.15) is 11.5 Å². The molecule has 1 aromatic heterocycles. The highest BCUT2D eigenvalue weighted by atomic mass is 32.2. The van der Waals surface area contributed by atoms with Crippen molar-refractivity contribution in [1.29, 1.82) is 0 Å². The number of nitrogens with zero attached hydrogens (tertiary/aromatic N) is 2. The summed E-state index contributed by atoms with van der Waals surface area (Å²) in [6.45, 7) is 10.2. The van der Waals surface area contributed by atoms with E-state index in [1.165, 1.54) is 6.42 Å². The molecule has 0 saturated carbocycles. The van der Waals surface area contributed by atoms with Crippen molar-refractivity contribution in [3.05, 3.63) is 29.7 Å². The van der Waals surface area contributed by atoms with E-state index in [1.54, 1.807) is 33.3 Å². The number of carbonyl (C=O) groups excluding carboxylic acids is 1. The van der Waals surface area contributed by atoms with Gasteiger partial charge in [-0.15, -0.1) is 0 Å². The molecule has 8 nitrogen and oxygen atoms in total. The second-order valence-electron chi connectivity index (χ2n) is 9.23. The summed E-state index contributed by atoms with van der Waals surface area (Å²) in [5.41, 5.74) is 1.32. The minimum Gasteiger partial charge on any atom is -0.493 e. The molecule has 188 valence electrons. The van der Waals surface area contributed by atoms with Crippen molar-refractivity contribution in [2.75, 3.05) is 46.2 Å². The maximum Gasteiger partial charge on any atom is 0.232 e. The van der Waals surface area contributed by atoms with Crippen LogP contribution in [-0.4, -0.2) is 66.2 Å². The van der Waals surface area contributed by atoms with E-state index in [2.05, 4.69) is 29.0 Å². The van der Waals surface area contributed by atoms with E-state index in [9.17, 15) is 9.00 Å². The zero-order chi connectivity index (χ0) is 24.7. The molecule has 2 heterocycles. The van der Waals surface area contributed by atoms with Gasteiger partial charge in [0.25, 0.3) is 0 Å². The fourth-order valence-corrected chi connectivity index (χ4v) is 5.63. The summed E-state index contributed by atoms with van der Waals surface area (Å²) >= 11 is 0. The number of likely N-dealkylation sites (tertiary alicyclic amines) is 1. The van der Waals surface area contributed by atoms with Crippen molar-refractivity contribution in [2.45, 2.75) is 39.4 Å². The largest absolute Gasteiger partial charge is 0.493 e. The Bertz CT molecular complexity index is 983. The van der Waals surface area contributed by atoms with Crippen LogP contribution in [0.25, 0.3) is 11.5 Å². The molecular formula is C25H37N3O5S. The first-order valence-corrected chi connectivity index (χ1v) is 13.3. The molecule has 1 saturated heterocycles. The van der Waals surface area contributed by atoms with Crippen molar-refractivity contribution in [3.63, 3.8) is 0 Å². The third-order valence-electron chi connectivity index (χ3n) is 6.03. The molecule has 34 heavy (non-hydrogen) atoms. The summed E-state index contributed by atoms with van der Waals surface area (Å²) in [5.74, 6) is 3.57. The number of oxazole rings is 1. The molecule has 1 N–H and O–H groups in total. The number of carbonyl (C=O) groups is 1. The van der Waals surface area contributed by atoms with E-state index >= 15 is 0 Å². The van der Waals surface area contributed by atoms with Crippen LogP contribution in [-0.2, 0) is 21.3 Å². The number of benzene rings is 1. The van der Waals surface area contributed by atoms with E-state index < -0.39 is 10.8 Å². The number of nitrogens with one attached hydrogen (secondary N) is 1. The lowest BCUT2D eigenvalue weighted by Crippen LogP contribution is -2.40. The zero-order valence-corrected chi connectivity index (χ0v) is 21.7. The number of aryl methyl sites for hydroxylation is 1. The number of methoxy groups -OCH3 is 2. The van der Waals surface area contributed by atoms with Crippen molar-refractivity contribution in [1.82, 2.24) is 15.2 Å². The normalized spacial score (nSPS) is 19.6. The van der Waals surface area contributed by atoms with Gasteiger partial charge in [0.05, 0.1) is 25.7 Å². The van der Waals surface area contributed by atoms with Gasteiger partial charge in [-0.1, -0.05) is 13.8 Å². The van der Waals surface area contributed by atoms with Gasteiger partial charge in [-0.25, -0.2) is 4.98 Å². The third kappa shape index (κ3) is 7.30. The fraction of sp³-hybridized carbons (Fsp3) is 0.600. The van der Waals surface area contributed by atoms with Gasteiger partial charge in [-0.05, 0) is 56.3 Å². The highest BCUT2D eigenvalue weighted by Gasteiger charge is 2.21. The molecule has 0 radical (unpaired) electrons. The van der Waals surface area contributed by atoms with E-state index in [1.807, 2.05) is 6.07 Å². The molecule has 2 aromatic rings. The summed E-state index contributed by atoms with van der Waals surface area (Å²) < 4.78 is 29.0. The Morgan fingerprint density at radius 3 is 2.59 bits per heavy atom. The predicted octanol–water partition coefficient (Wildman–Crippen LogP) is 3.40. The Morgan fingerprint density at radius 1 is 1.21 bits per heavy atom. The number of aromatic nitrogens is 1. The smallest absolute Gasteiger partial charge is 0.232 e. The lowest BCUT2D eigenvalue weighted by Gasteiger charge is -2.34. The maximum absolute atomic E-state index is 12.6. The summed E-state index contributed by atoms with van der Waals surface area (Å²) in [6.07, 6.45) is 2.19. The van der Waals surface area contributed by atoms with Gasteiger partial charge in [0, 0.05) is 36.0 Å². The van der Waals surface area contributed by atoms with Crippen molar-refractivity contribution in [2.24, 2.45) is 11.8 Å². The van der Waals surface area contributed by atoms with E-state index in [4.69, 9.17) is 13.9 Å². The molecule has 1 amide bonds. The molecule has 0 bridgehead atoms. The first kappa shape index (κ1) is 26.2. The van der Waals surface area contributed by atoms with Crippen molar-refractivity contribution < 1.29 is 22.9 Å². The number of hydrogen-bond donors (Lipinski definition) is 1. The minimum atomic E-state index is -1.37. The van der Waals surface area contributed by atoms with E-state index in [0.29, 0.717) is 35.4 Å². The number of piperidine rings is 1. The van der Waals surface area contributed by atoms with E-state index in [0.717, 1.165) is 43.5 Å². The average Bonchev–Trinajstić information content (AvgIpc) is 3.15. The fourth-order valence-electron chi connectivity index (χ4n) is 4.56. The van der Waals surface area contributed by atoms with Crippen LogP contribution in [0.5, 0.6) is 11.5 Å². The molecule has 3 atom stereocenters. The minimum absolute atomic E-state index is 0.0459. The second kappa shape index (κ2) is 12.4. The van der Waals surface area contributed by atoms with Crippen LogP contribution in [0.1, 0.15) is 38.1 Å². The van der Waals surface area contributed by atoms with E-state index in [-0.39, 0.29) is 17.4 Å². The van der Waals surface area contributed by atoms with Crippen LogP contribution in [0, 0.1) is 18.8 Å². The lowest BCUT2D eigenvalue weighted by atomic mass is 9.92. The second-order valence-corrected chi connectivity index (χ2v) is 10.7. The Balaban J connectivity index is 1.46. The summed E-state index contributed by atoms with van der Waals surface area (Å²) in [5, 5.41) is 2.90. The monoisotopic (exact) mass is 491 g/mol. The number of amides is 1. The van der Waals surface area contributed by atoms with Crippen LogP contribution in [0.15, 0.2) is 22.6 Å². The molecule has 3 rings (SSSR count).